The van der Waals surface area contributed by atoms with Crippen LogP contribution in [-0.4, -0.2) is 11.5 Å². The lowest BCUT2D eigenvalue weighted by Gasteiger charge is -2.33. The molecule has 1 aromatic rings. The van der Waals surface area contributed by atoms with E-state index in [0.29, 0.717) is 17.9 Å². The maximum Gasteiger partial charge on any atom is 0.161 e. The van der Waals surface area contributed by atoms with Crippen molar-refractivity contribution in [1.29, 1.82) is 5.26 Å². The summed E-state index contributed by atoms with van der Waals surface area (Å²) >= 11 is 1.72. The lowest BCUT2D eigenvalue weighted by molar-refractivity contribution is -0.116. The normalized spacial score (nSPS) is 19.8. The van der Waals surface area contributed by atoms with Gasteiger partial charge in [0.25, 0.3) is 0 Å². The molecule has 0 fully saturated rings. The van der Waals surface area contributed by atoms with Crippen LogP contribution in [0.1, 0.15) is 75.8 Å². The Balaban J connectivity index is 2.05. The van der Waals surface area contributed by atoms with Gasteiger partial charge >= 0.3 is 0 Å². The van der Waals surface area contributed by atoms with Gasteiger partial charge in [0.2, 0.25) is 0 Å². The Bertz CT molecular complexity index is 812. The summed E-state index contributed by atoms with van der Waals surface area (Å²) in [5, 5.41) is 14.4. The molecule has 1 aliphatic carbocycles. The van der Waals surface area contributed by atoms with Crippen molar-refractivity contribution in [1.82, 2.24) is 5.32 Å². The molecule has 2 aliphatic rings. The molecule has 142 valence electrons. The summed E-state index contributed by atoms with van der Waals surface area (Å²) in [5.41, 5.74) is 4.87. The Morgan fingerprint density at radius 1 is 1.26 bits per heavy atom. The molecule has 3 rings (SSSR count). The van der Waals surface area contributed by atoms with Crippen LogP contribution in [0.15, 0.2) is 46.1 Å². The van der Waals surface area contributed by atoms with E-state index >= 15 is 0 Å². The summed E-state index contributed by atoms with van der Waals surface area (Å²) in [5.74, 6) is 1.40. The first-order chi connectivity index (χ1) is 13.1. The average Bonchev–Trinajstić information content (AvgIpc) is 2.67. The molecule has 27 heavy (non-hydrogen) atoms. The summed E-state index contributed by atoms with van der Waals surface area (Å²) < 4.78 is 0. The highest BCUT2D eigenvalue weighted by atomic mass is 32.2. The first-order valence-electron chi connectivity index (χ1n) is 9.97. The number of hydrogen-bond donors (Lipinski definition) is 1. The van der Waals surface area contributed by atoms with E-state index in [4.69, 9.17) is 0 Å². The Morgan fingerprint density at radius 2 is 2.00 bits per heavy atom. The van der Waals surface area contributed by atoms with Gasteiger partial charge in [-0.1, -0.05) is 51.5 Å². The Labute approximate surface area is 166 Å². The van der Waals surface area contributed by atoms with E-state index in [1.165, 1.54) is 5.56 Å². The largest absolute Gasteiger partial charge is 0.352 e. The van der Waals surface area contributed by atoms with Crippen LogP contribution < -0.4 is 5.32 Å². The van der Waals surface area contributed by atoms with E-state index in [1.54, 1.807) is 11.8 Å². The minimum atomic E-state index is -0.232. The van der Waals surface area contributed by atoms with Crippen molar-refractivity contribution < 1.29 is 4.79 Å². The highest BCUT2D eigenvalue weighted by Crippen LogP contribution is 2.44. The third-order valence-electron chi connectivity index (χ3n) is 5.34. The second-order valence-corrected chi connectivity index (χ2v) is 8.71. The first kappa shape index (κ1) is 19.8. The van der Waals surface area contributed by atoms with E-state index in [9.17, 15) is 10.1 Å². The van der Waals surface area contributed by atoms with Crippen LogP contribution in [0.3, 0.4) is 0 Å². The Kier molecular flexibility index (Phi) is 6.44. The van der Waals surface area contributed by atoms with Crippen LogP contribution in [0, 0.1) is 11.3 Å². The number of Topliss-reactive ketones (excluding diaryl/α,β-unsaturated/α-hetero) is 1. The van der Waals surface area contributed by atoms with Crippen LogP contribution in [0.5, 0.6) is 0 Å². The maximum atomic E-state index is 12.8. The molecule has 3 nitrogen and oxygen atoms in total. The fourth-order valence-electron chi connectivity index (χ4n) is 3.76. The minimum absolute atomic E-state index is 0.187. The number of hydrogen-bond acceptors (Lipinski definition) is 4. The number of allylic oxidation sites excluding steroid dienone is 3. The standard InChI is InChI=1S/C23H28N2OS/c1-4-5-13-27-23-18(14-24)21(17-11-9-16(10-12-17)15(2)3)22-19(25-23)7-6-8-20(22)26/h9-12,15,21,25H,4-8,13H2,1-3H3/t21-/m0/s1. The molecule has 0 bridgehead atoms. The molecule has 1 aromatic carbocycles. The van der Waals surface area contributed by atoms with Crippen molar-refractivity contribution in [3.05, 3.63) is 57.3 Å². The molecule has 1 atom stereocenters. The van der Waals surface area contributed by atoms with E-state index in [2.05, 4.69) is 56.4 Å². The van der Waals surface area contributed by atoms with Crippen molar-refractivity contribution in [3.8, 4) is 6.07 Å². The van der Waals surface area contributed by atoms with Gasteiger partial charge in [0, 0.05) is 17.7 Å². The van der Waals surface area contributed by atoms with Crippen molar-refractivity contribution >= 4 is 17.5 Å². The molecule has 0 saturated carbocycles. The third kappa shape index (κ3) is 4.14. The Morgan fingerprint density at radius 3 is 2.63 bits per heavy atom. The van der Waals surface area contributed by atoms with Crippen molar-refractivity contribution in [3.63, 3.8) is 0 Å². The number of ketones is 1. The van der Waals surface area contributed by atoms with Gasteiger partial charge in [0.1, 0.15) is 0 Å². The molecule has 0 aromatic heterocycles. The van der Waals surface area contributed by atoms with Crippen molar-refractivity contribution in [2.45, 2.75) is 64.7 Å². The molecular weight excluding hydrogens is 352 g/mol. The zero-order chi connectivity index (χ0) is 19.4. The smallest absolute Gasteiger partial charge is 0.161 e. The highest BCUT2D eigenvalue weighted by Gasteiger charge is 2.36. The van der Waals surface area contributed by atoms with Crippen LogP contribution in [-0.2, 0) is 4.79 Å². The Hall–Kier alpha value is -1.99. The zero-order valence-electron chi connectivity index (χ0n) is 16.5. The predicted octanol–water partition coefficient (Wildman–Crippen LogP) is 5.77. The molecule has 4 heteroatoms. The number of nitrogens with one attached hydrogen (secondary N) is 1. The van der Waals surface area contributed by atoms with Gasteiger partial charge in [0.05, 0.1) is 22.6 Å². The van der Waals surface area contributed by atoms with E-state index in [-0.39, 0.29) is 11.7 Å². The van der Waals surface area contributed by atoms with Gasteiger partial charge < -0.3 is 5.32 Å². The fourth-order valence-corrected chi connectivity index (χ4v) is 4.91. The molecule has 0 amide bonds. The lowest BCUT2D eigenvalue weighted by atomic mass is 9.76. The van der Waals surface area contributed by atoms with Gasteiger partial charge in [-0.25, -0.2) is 0 Å². The average molecular weight is 381 g/mol. The van der Waals surface area contributed by atoms with Gasteiger partial charge in [-0.05, 0) is 42.1 Å². The number of rotatable bonds is 6. The van der Waals surface area contributed by atoms with Crippen molar-refractivity contribution in [2.75, 3.05) is 5.75 Å². The molecule has 1 aliphatic heterocycles. The molecule has 0 saturated heterocycles. The van der Waals surface area contributed by atoms with E-state index in [0.717, 1.165) is 53.3 Å². The number of carbonyl (C=O) groups excluding carboxylic acids is 1. The second kappa shape index (κ2) is 8.80. The number of unbranched alkanes of at least 4 members (excludes halogenated alkanes) is 1. The molecule has 1 heterocycles. The van der Waals surface area contributed by atoms with E-state index < -0.39 is 0 Å². The monoisotopic (exact) mass is 380 g/mol. The highest BCUT2D eigenvalue weighted by molar-refractivity contribution is 8.03. The van der Waals surface area contributed by atoms with Crippen molar-refractivity contribution in [2.24, 2.45) is 0 Å². The number of nitrogens with zero attached hydrogens (tertiary/aromatic N) is 1. The van der Waals surface area contributed by atoms with Crippen LogP contribution >= 0.6 is 11.8 Å². The lowest BCUT2D eigenvalue weighted by Crippen LogP contribution is -2.31. The topological polar surface area (TPSA) is 52.9 Å². The van der Waals surface area contributed by atoms with Crippen LogP contribution in [0.25, 0.3) is 0 Å². The number of benzene rings is 1. The quantitative estimate of drug-likeness (QED) is 0.636. The number of nitriles is 1. The third-order valence-corrected chi connectivity index (χ3v) is 6.45. The predicted molar refractivity (Wildman–Crippen MR) is 112 cm³/mol. The summed E-state index contributed by atoms with van der Waals surface area (Å²) in [6.07, 6.45) is 4.61. The van der Waals surface area contributed by atoms with Crippen LogP contribution in [0.4, 0.5) is 0 Å². The van der Waals surface area contributed by atoms with Crippen LogP contribution in [0.2, 0.25) is 0 Å². The fraction of sp³-hybridized carbons (Fsp3) is 0.478. The summed E-state index contributed by atoms with van der Waals surface area (Å²) in [4.78, 5) is 12.8. The van der Waals surface area contributed by atoms with Gasteiger partial charge in [-0.3, -0.25) is 4.79 Å². The second-order valence-electron chi connectivity index (χ2n) is 7.60. The van der Waals surface area contributed by atoms with Gasteiger partial charge in [-0.2, -0.15) is 5.26 Å². The summed E-state index contributed by atoms with van der Waals surface area (Å²) in [6, 6.07) is 10.9. The van der Waals surface area contributed by atoms with E-state index in [1.807, 2.05) is 0 Å². The van der Waals surface area contributed by atoms with Gasteiger partial charge in [0.15, 0.2) is 5.78 Å². The van der Waals surface area contributed by atoms with Gasteiger partial charge in [-0.15, -0.1) is 11.8 Å². The molecule has 0 spiro atoms. The number of thioether (sulfide) groups is 1. The molecule has 0 radical (unpaired) electrons. The number of carbonyl (C=O) groups is 1. The SMILES string of the molecule is CCCCSC1=C(C#N)[C@H](c2ccc(C(C)C)cc2)C2=C(CCCC2=O)N1. The maximum absolute atomic E-state index is 12.8. The summed E-state index contributed by atoms with van der Waals surface area (Å²) in [6.45, 7) is 6.52. The zero-order valence-corrected chi connectivity index (χ0v) is 17.3. The first-order valence-corrected chi connectivity index (χ1v) is 11.0. The summed E-state index contributed by atoms with van der Waals surface area (Å²) in [7, 11) is 0. The number of dihydropyridines is 1. The molecular formula is C23H28N2OS. The molecule has 1 N–H and O–H groups in total. The molecule has 0 unspecified atom stereocenters. The minimum Gasteiger partial charge on any atom is -0.352 e.